The van der Waals surface area contributed by atoms with Gasteiger partial charge in [0.25, 0.3) is 0 Å². The number of nitrogens with zero attached hydrogens (tertiary/aromatic N) is 4. The van der Waals surface area contributed by atoms with Crippen LogP contribution in [-0.2, 0) is 11.3 Å². The first-order valence-corrected chi connectivity index (χ1v) is 10.6. The Balaban J connectivity index is 1.95. The quantitative estimate of drug-likeness (QED) is 0.440. The van der Waals surface area contributed by atoms with Gasteiger partial charge in [-0.3, -0.25) is 4.99 Å². The molecule has 0 fully saturated rings. The van der Waals surface area contributed by atoms with Crippen LogP contribution in [-0.4, -0.2) is 51.5 Å². The molecule has 9 heteroatoms. The molecule has 170 valence electrons. The van der Waals surface area contributed by atoms with Crippen LogP contribution in [0.4, 0.5) is 4.79 Å². The van der Waals surface area contributed by atoms with E-state index in [1.165, 1.54) is 0 Å². The average molecular weight is 430 g/mol. The van der Waals surface area contributed by atoms with E-state index in [1.807, 2.05) is 59.0 Å². The zero-order chi connectivity index (χ0) is 22.9. The van der Waals surface area contributed by atoms with Crippen LogP contribution in [0.3, 0.4) is 0 Å². The number of pyridine rings is 1. The number of amides is 1. The van der Waals surface area contributed by atoms with Gasteiger partial charge < -0.3 is 20.7 Å². The Bertz CT molecular complexity index is 853. The first-order chi connectivity index (χ1) is 14.7. The van der Waals surface area contributed by atoms with Crippen LogP contribution >= 0.6 is 0 Å². The molecule has 1 amide bonds. The number of aromatic nitrogens is 3. The van der Waals surface area contributed by atoms with E-state index in [-0.39, 0.29) is 0 Å². The molecule has 3 N–H and O–H groups in total. The summed E-state index contributed by atoms with van der Waals surface area (Å²) >= 11 is 0. The van der Waals surface area contributed by atoms with Crippen LogP contribution in [0, 0.1) is 0 Å². The fourth-order valence-electron chi connectivity index (χ4n) is 3.00. The van der Waals surface area contributed by atoms with Gasteiger partial charge in [0.15, 0.2) is 11.8 Å². The molecule has 2 heterocycles. The van der Waals surface area contributed by atoms with Gasteiger partial charge >= 0.3 is 6.09 Å². The number of carbonyl (C=O) groups is 1. The Kier molecular flexibility index (Phi) is 8.41. The number of aliphatic imine (C=N–C) groups is 1. The van der Waals surface area contributed by atoms with E-state index in [1.54, 1.807) is 24.1 Å². The van der Waals surface area contributed by atoms with Gasteiger partial charge in [-0.25, -0.2) is 14.5 Å². The molecular formula is C22H35N7O2. The summed E-state index contributed by atoms with van der Waals surface area (Å²) < 4.78 is 7.16. The zero-order valence-electron chi connectivity index (χ0n) is 19.4. The van der Waals surface area contributed by atoms with E-state index in [0.29, 0.717) is 19.0 Å². The lowest BCUT2D eigenvalue weighted by atomic mass is 9.93. The first kappa shape index (κ1) is 24.2. The zero-order valence-corrected chi connectivity index (χ0v) is 19.4. The van der Waals surface area contributed by atoms with Crippen LogP contribution in [0.1, 0.15) is 53.0 Å². The molecule has 0 saturated carbocycles. The summed E-state index contributed by atoms with van der Waals surface area (Å²) in [5.41, 5.74) is 0.0683. The molecule has 0 bridgehead atoms. The predicted molar refractivity (Wildman–Crippen MR) is 122 cm³/mol. The first-order valence-electron chi connectivity index (χ1n) is 10.6. The molecule has 0 aliphatic carbocycles. The minimum atomic E-state index is -0.540. The van der Waals surface area contributed by atoms with E-state index >= 15 is 0 Å². The van der Waals surface area contributed by atoms with Gasteiger partial charge in [0.1, 0.15) is 5.60 Å². The number of ether oxygens (including phenoxy) is 1. The van der Waals surface area contributed by atoms with Crippen molar-refractivity contribution in [3.05, 3.63) is 42.4 Å². The molecule has 0 spiro atoms. The molecule has 0 aromatic carbocycles. The highest BCUT2D eigenvalue weighted by atomic mass is 16.6. The molecule has 0 unspecified atom stereocenters. The van der Waals surface area contributed by atoms with E-state index in [2.05, 4.69) is 31.0 Å². The Morgan fingerprint density at radius 1 is 1.19 bits per heavy atom. The van der Waals surface area contributed by atoms with Gasteiger partial charge in [0, 0.05) is 38.7 Å². The molecule has 0 aliphatic rings. The highest BCUT2D eigenvalue weighted by molar-refractivity contribution is 5.79. The molecule has 0 radical (unpaired) electrons. The van der Waals surface area contributed by atoms with Crippen molar-refractivity contribution in [1.29, 1.82) is 0 Å². The summed E-state index contributed by atoms with van der Waals surface area (Å²) in [5, 5.41) is 13.9. The Morgan fingerprint density at radius 3 is 2.52 bits per heavy atom. The number of rotatable bonds is 8. The monoisotopic (exact) mass is 429 g/mol. The van der Waals surface area contributed by atoms with Gasteiger partial charge in [-0.1, -0.05) is 13.8 Å². The molecule has 0 saturated heterocycles. The van der Waals surface area contributed by atoms with Crippen LogP contribution in [0.5, 0.6) is 0 Å². The van der Waals surface area contributed by atoms with Gasteiger partial charge in [-0.05, 0) is 57.4 Å². The molecule has 2 rings (SSSR count). The van der Waals surface area contributed by atoms with Crippen LogP contribution in [0.25, 0.3) is 5.82 Å². The lowest BCUT2D eigenvalue weighted by molar-refractivity contribution is 0.0448. The second-order valence-corrected chi connectivity index (χ2v) is 8.37. The summed E-state index contributed by atoms with van der Waals surface area (Å²) in [4.78, 5) is 21.0. The van der Waals surface area contributed by atoms with Gasteiger partial charge in [-0.2, -0.15) is 5.10 Å². The molecule has 0 aliphatic heterocycles. The van der Waals surface area contributed by atoms with Crippen molar-refractivity contribution in [3.8, 4) is 5.82 Å². The minimum absolute atomic E-state index is 0.413. The van der Waals surface area contributed by atoms with Gasteiger partial charge in [0.2, 0.25) is 0 Å². The topological polar surface area (TPSA) is 105 Å². The molecule has 0 atom stereocenters. The van der Waals surface area contributed by atoms with E-state index < -0.39 is 17.2 Å². The Hall–Kier alpha value is -3.10. The van der Waals surface area contributed by atoms with Crippen molar-refractivity contribution in [2.45, 2.75) is 65.1 Å². The van der Waals surface area contributed by atoms with Crippen molar-refractivity contribution < 1.29 is 9.53 Å². The smallest absolute Gasteiger partial charge is 0.408 e. The highest BCUT2D eigenvalue weighted by Crippen LogP contribution is 2.16. The Morgan fingerprint density at radius 2 is 1.94 bits per heavy atom. The van der Waals surface area contributed by atoms with Crippen molar-refractivity contribution in [3.63, 3.8) is 0 Å². The summed E-state index contributed by atoms with van der Waals surface area (Å²) in [5.74, 6) is 1.40. The summed E-state index contributed by atoms with van der Waals surface area (Å²) in [7, 11) is 1.72. The molecule has 2 aromatic heterocycles. The second-order valence-electron chi connectivity index (χ2n) is 8.37. The van der Waals surface area contributed by atoms with Crippen molar-refractivity contribution >= 4 is 12.1 Å². The van der Waals surface area contributed by atoms with Gasteiger partial charge in [-0.15, -0.1) is 0 Å². The summed E-state index contributed by atoms with van der Waals surface area (Å²) in [6.45, 7) is 10.8. The number of hydrogen-bond donors (Lipinski definition) is 3. The third kappa shape index (κ3) is 7.58. The number of hydrogen-bond acceptors (Lipinski definition) is 5. The third-order valence-electron chi connectivity index (χ3n) is 4.95. The third-order valence-corrected chi connectivity index (χ3v) is 4.95. The molecular weight excluding hydrogens is 394 g/mol. The maximum absolute atomic E-state index is 12.3. The number of alkyl carbamates (subject to hydrolysis) is 1. The van der Waals surface area contributed by atoms with Crippen molar-refractivity contribution in [1.82, 2.24) is 30.7 Å². The second kappa shape index (κ2) is 10.8. The van der Waals surface area contributed by atoms with Crippen molar-refractivity contribution in [2.75, 3.05) is 13.6 Å². The molecule has 2 aromatic rings. The lowest BCUT2D eigenvalue weighted by Crippen LogP contribution is -2.57. The van der Waals surface area contributed by atoms with E-state index in [4.69, 9.17) is 4.74 Å². The maximum Gasteiger partial charge on any atom is 0.408 e. The standard InChI is InChI=1S/C22H35N7O2/c1-7-22(8-2,28-20(30)31-21(3,4)5)16-26-19(23-6)25-15-17-10-12-24-18(14-17)29-13-9-11-27-29/h9-14H,7-8,15-16H2,1-6H3,(H,28,30)(H2,23,25,26). The van der Waals surface area contributed by atoms with E-state index in [0.717, 1.165) is 24.2 Å². The highest BCUT2D eigenvalue weighted by Gasteiger charge is 2.30. The summed E-state index contributed by atoms with van der Waals surface area (Å²) in [6.07, 6.45) is 6.43. The molecule has 31 heavy (non-hydrogen) atoms. The average Bonchev–Trinajstić information content (AvgIpc) is 3.27. The molecule has 9 nitrogen and oxygen atoms in total. The lowest BCUT2D eigenvalue weighted by Gasteiger charge is -2.34. The fourth-order valence-corrected chi connectivity index (χ4v) is 3.00. The Labute approximate surface area is 184 Å². The fraction of sp³-hybridized carbons (Fsp3) is 0.545. The summed E-state index contributed by atoms with van der Waals surface area (Å²) in [6, 6.07) is 5.77. The normalized spacial score (nSPS) is 12.4. The van der Waals surface area contributed by atoms with Gasteiger partial charge in [0.05, 0.1) is 5.54 Å². The number of carbonyl (C=O) groups excluding carboxylic acids is 1. The van der Waals surface area contributed by atoms with Crippen LogP contribution < -0.4 is 16.0 Å². The maximum atomic E-state index is 12.3. The van der Waals surface area contributed by atoms with Crippen LogP contribution in [0.15, 0.2) is 41.8 Å². The predicted octanol–water partition coefficient (Wildman–Crippen LogP) is 3.02. The SMILES string of the molecule is CCC(CC)(CNC(=NC)NCc1ccnc(-n2cccn2)c1)NC(=O)OC(C)(C)C. The van der Waals surface area contributed by atoms with Crippen LogP contribution in [0.2, 0.25) is 0 Å². The number of guanidine groups is 1. The number of nitrogens with one attached hydrogen (secondary N) is 3. The largest absolute Gasteiger partial charge is 0.444 e. The van der Waals surface area contributed by atoms with E-state index in [9.17, 15) is 4.79 Å². The van der Waals surface area contributed by atoms with Crippen molar-refractivity contribution in [2.24, 2.45) is 4.99 Å². The minimum Gasteiger partial charge on any atom is -0.444 e.